The highest BCUT2D eigenvalue weighted by Crippen LogP contribution is 2.42. The number of alkyl halides is 1. The molecule has 5 rings (SSSR count). The number of pyridine rings is 1. The topological polar surface area (TPSA) is 287 Å². The number of aromatic nitrogens is 3. The van der Waals surface area contributed by atoms with E-state index in [9.17, 15) is 43.8 Å². The van der Waals surface area contributed by atoms with Crippen LogP contribution in [0.25, 0.3) is 11.0 Å². The van der Waals surface area contributed by atoms with Crippen LogP contribution in [-0.4, -0.2) is 143 Å². The SMILES string of the molecule is CCCC(I)(CC)C1CC(=O)N(CCC(=O)N[C@H](C(=O)N[C@@H](C)C(=O)Nc2ccc(COC(=O)N(C)CC(=O)N[C@@H]3[C@@H](O)[C@@H](O)[C@@H](Nc4nccc5[nH]cnc45)O[C@H]3C)cc2)C(C)C)C1=O. The van der Waals surface area contributed by atoms with Gasteiger partial charge in [-0.3, -0.25) is 33.7 Å². The molecule has 2 aliphatic heterocycles. The molecule has 0 aliphatic carbocycles. The molecule has 21 nitrogen and oxygen atoms in total. The van der Waals surface area contributed by atoms with Crippen molar-refractivity contribution in [3.63, 3.8) is 0 Å². The molecule has 1 aromatic carbocycles. The van der Waals surface area contributed by atoms with Crippen molar-refractivity contribution in [3.8, 4) is 0 Å². The molecule has 0 bridgehead atoms. The molecule has 2 saturated heterocycles. The number of likely N-dealkylation sites (N-methyl/N-ethyl adjacent to an activating group) is 1. The summed E-state index contributed by atoms with van der Waals surface area (Å²) in [6.45, 7) is 9.95. The van der Waals surface area contributed by atoms with Gasteiger partial charge in [-0.15, -0.1) is 0 Å². The van der Waals surface area contributed by atoms with Gasteiger partial charge >= 0.3 is 6.09 Å². The van der Waals surface area contributed by atoms with Crippen molar-refractivity contribution in [1.82, 2.24) is 40.7 Å². The van der Waals surface area contributed by atoms with Crippen molar-refractivity contribution < 1.29 is 53.2 Å². The number of imidazole rings is 1. The van der Waals surface area contributed by atoms with Gasteiger partial charge in [0.05, 0.1) is 29.9 Å². The number of nitrogens with one attached hydrogen (secondary N) is 6. The van der Waals surface area contributed by atoms with Crippen LogP contribution in [0.5, 0.6) is 0 Å². The minimum Gasteiger partial charge on any atom is -0.445 e. The van der Waals surface area contributed by atoms with Gasteiger partial charge in [-0.05, 0) is 56.4 Å². The number of hydrogen-bond acceptors (Lipinski definition) is 14. The summed E-state index contributed by atoms with van der Waals surface area (Å²) in [4.78, 5) is 105. The lowest BCUT2D eigenvalue weighted by molar-refractivity contribution is -0.172. The first-order valence-electron chi connectivity index (χ1n) is 22.0. The third kappa shape index (κ3) is 12.7. The Kier molecular flexibility index (Phi) is 17.8. The summed E-state index contributed by atoms with van der Waals surface area (Å²) < 4.78 is 10.9. The fourth-order valence-electron chi connectivity index (χ4n) is 7.90. The number of aliphatic hydroxyl groups excluding tert-OH is 2. The Morgan fingerprint density at radius 3 is 2.39 bits per heavy atom. The Bertz CT molecular complexity index is 2230. The molecule has 66 heavy (non-hydrogen) atoms. The Balaban J connectivity index is 1.02. The van der Waals surface area contributed by atoms with Crippen molar-refractivity contribution in [1.29, 1.82) is 0 Å². The second-order valence-corrected chi connectivity index (χ2v) is 19.2. The minimum atomic E-state index is -1.46. The van der Waals surface area contributed by atoms with Crippen molar-refractivity contribution >= 4 is 86.7 Å². The first-order chi connectivity index (χ1) is 31.3. The molecule has 7 amide bonds. The standard InChI is InChI=1S/C44H61IN10O11/c1-8-16-44(45,9-2)28-19-32(58)55(42(28)63)18-15-30(56)51-33(23(3)4)40(62)49-24(5)39(61)50-27-12-10-26(11-13-27)21-65-43(64)54(7)20-31(57)52-34-25(6)66-41(37(60)36(34)59)53-38-35-29(14-17-46-38)47-22-48-35/h10-14,17,22-25,28,33-34,36-37,41,59-60H,8-9,15-16,18-21H2,1-7H3,(H,46,53)(H,47,48)(H,49,62)(H,50,61)(H,51,56)(H,52,57)/t24-,25-,28?,33-,34-,36+,37+,41-,44?/m0/s1. The zero-order valence-corrected chi connectivity index (χ0v) is 40.3. The van der Waals surface area contributed by atoms with Gasteiger partial charge in [0.1, 0.15) is 43.0 Å². The van der Waals surface area contributed by atoms with Crippen LogP contribution in [0.4, 0.5) is 16.3 Å². The van der Waals surface area contributed by atoms with E-state index in [4.69, 9.17) is 9.47 Å². The monoisotopic (exact) mass is 1030 g/mol. The van der Waals surface area contributed by atoms with Crippen LogP contribution >= 0.6 is 22.6 Å². The van der Waals surface area contributed by atoms with E-state index in [1.165, 1.54) is 20.3 Å². The number of H-pyrrole nitrogens is 1. The number of aliphatic hydroxyl groups is 2. The number of carbonyl (C=O) groups is 7. The van der Waals surface area contributed by atoms with E-state index >= 15 is 0 Å². The maximum absolute atomic E-state index is 13.3. The van der Waals surface area contributed by atoms with Crippen molar-refractivity contribution in [3.05, 3.63) is 48.4 Å². The zero-order valence-electron chi connectivity index (χ0n) is 38.1. The number of imide groups is 1. The molecule has 2 fully saturated rings. The molecule has 0 radical (unpaired) electrons. The fourth-order valence-corrected chi connectivity index (χ4v) is 8.92. The average Bonchev–Trinajstić information content (AvgIpc) is 3.88. The maximum Gasteiger partial charge on any atom is 0.410 e. The summed E-state index contributed by atoms with van der Waals surface area (Å²) in [5.74, 6) is -3.31. The van der Waals surface area contributed by atoms with Gasteiger partial charge in [-0.1, -0.05) is 68.8 Å². The predicted octanol–water partition coefficient (Wildman–Crippen LogP) is 2.32. The Hall–Kier alpha value is -5.46. The number of amides is 7. The number of benzene rings is 1. The normalized spacial score (nSPS) is 22.6. The van der Waals surface area contributed by atoms with Gasteiger partial charge in [-0.25, -0.2) is 14.8 Å². The second-order valence-electron chi connectivity index (χ2n) is 17.1. The van der Waals surface area contributed by atoms with Crippen LogP contribution in [0.15, 0.2) is 42.9 Å². The third-order valence-corrected chi connectivity index (χ3v) is 13.9. The van der Waals surface area contributed by atoms with Crippen molar-refractivity contribution in [2.24, 2.45) is 11.8 Å². The molecular weight excluding hydrogens is 971 g/mol. The van der Waals surface area contributed by atoms with E-state index in [1.54, 1.807) is 57.3 Å². The molecule has 0 spiro atoms. The van der Waals surface area contributed by atoms with E-state index < -0.39 is 84.8 Å². The number of ether oxygens (including phenoxy) is 2. The molecule has 2 aliphatic rings. The molecule has 0 saturated carbocycles. The van der Waals surface area contributed by atoms with Crippen LogP contribution in [-0.2, 0) is 44.8 Å². The quantitative estimate of drug-likeness (QED) is 0.0458. The predicted molar refractivity (Wildman–Crippen MR) is 249 cm³/mol. The lowest BCUT2D eigenvalue weighted by Crippen LogP contribution is -2.64. The molecule has 360 valence electrons. The number of aromatic amines is 1. The highest BCUT2D eigenvalue weighted by Gasteiger charge is 2.49. The van der Waals surface area contributed by atoms with Gasteiger partial charge in [-0.2, -0.15) is 0 Å². The molecule has 8 N–H and O–H groups in total. The first-order valence-corrected chi connectivity index (χ1v) is 23.1. The molecule has 3 aromatic rings. The lowest BCUT2D eigenvalue weighted by atomic mass is 9.85. The van der Waals surface area contributed by atoms with E-state index in [2.05, 4.69) is 64.1 Å². The molecular formula is C44H61IN10O11. The van der Waals surface area contributed by atoms with E-state index in [1.807, 2.05) is 13.8 Å². The number of fused-ring (bicyclic) bond motifs is 1. The van der Waals surface area contributed by atoms with E-state index in [-0.39, 0.29) is 47.1 Å². The summed E-state index contributed by atoms with van der Waals surface area (Å²) in [5.41, 5.74) is 2.18. The summed E-state index contributed by atoms with van der Waals surface area (Å²) in [6, 6.07) is 5.12. The second kappa shape index (κ2) is 22.8. The van der Waals surface area contributed by atoms with Crippen LogP contribution in [0.2, 0.25) is 0 Å². The van der Waals surface area contributed by atoms with Gasteiger partial charge in [0.25, 0.3) is 0 Å². The number of carbonyl (C=O) groups excluding carboxylic acids is 7. The maximum atomic E-state index is 13.3. The Morgan fingerprint density at radius 1 is 1.02 bits per heavy atom. The van der Waals surface area contributed by atoms with Crippen LogP contribution < -0.4 is 26.6 Å². The first kappa shape index (κ1) is 51.5. The van der Waals surface area contributed by atoms with Gasteiger partial charge in [0, 0.05) is 41.7 Å². The number of rotatable bonds is 20. The third-order valence-electron chi connectivity index (χ3n) is 11.8. The number of likely N-dealkylation sites (tertiary alicyclic amines) is 1. The van der Waals surface area contributed by atoms with Crippen molar-refractivity contribution in [2.75, 3.05) is 30.8 Å². The van der Waals surface area contributed by atoms with Crippen LogP contribution in [0.1, 0.15) is 79.2 Å². The fraction of sp³-hybridized carbons (Fsp3) is 0.568. The molecule has 2 aromatic heterocycles. The van der Waals surface area contributed by atoms with Crippen LogP contribution in [0.3, 0.4) is 0 Å². The highest BCUT2D eigenvalue weighted by molar-refractivity contribution is 14.1. The average molecular weight is 1030 g/mol. The number of anilines is 2. The van der Waals surface area contributed by atoms with E-state index in [0.717, 1.165) is 29.1 Å². The smallest absolute Gasteiger partial charge is 0.410 e. The largest absolute Gasteiger partial charge is 0.445 e. The van der Waals surface area contributed by atoms with Gasteiger partial charge in [0.2, 0.25) is 35.4 Å². The van der Waals surface area contributed by atoms with E-state index in [0.29, 0.717) is 28.1 Å². The zero-order chi connectivity index (χ0) is 48.5. The minimum absolute atomic E-state index is 0.0911. The number of hydrogen-bond donors (Lipinski definition) is 8. The molecule has 4 heterocycles. The van der Waals surface area contributed by atoms with Gasteiger partial charge in [0.15, 0.2) is 12.0 Å². The Morgan fingerprint density at radius 2 is 1.73 bits per heavy atom. The number of nitrogens with zero attached hydrogens (tertiary/aromatic N) is 4. The number of halogens is 1. The summed E-state index contributed by atoms with van der Waals surface area (Å²) in [6.07, 6.45) is -0.124. The van der Waals surface area contributed by atoms with Crippen LogP contribution in [0, 0.1) is 11.8 Å². The summed E-state index contributed by atoms with van der Waals surface area (Å²) in [5, 5.41) is 35.4. The molecule has 22 heteroatoms. The van der Waals surface area contributed by atoms with Crippen molar-refractivity contribution in [2.45, 2.75) is 126 Å². The highest BCUT2D eigenvalue weighted by atomic mass is 127. The summed E-state index contributed by atoms with van der Waals surface area (Å²) in [7, 11) is 1.36. The lowest BCUT2D eigenvalue weighted by Gasteiger charge is -2.42. The summed E-state index contributed by atoms with van der Waals surface area (Å²) >= 11 is 2.30. The Labute approximate surface area is 396 Å². The van der Waals surface area contributed by atoms with Gasteiger partial charge < -0.3 is 56.2 Å². The molecule has 9 atom stereocenters. The molecule has 2 unspecified atom stereocenters.